The number of carbonyl (C=O) groups excluding carboxylic acids is 1. The van der Waals surface area contributed by atoms with E-state index in [0.717, 1.165) is 11.1 Å². The van der Waals surface area contributed by atoms with Crippen LogP contribution in [-0.4, -0.2) is 32.0 Å². The SMILES string of the molecule is O=C(Nc1ccc(-n2cccn2)nc1)N[C@@H]1c2ccccc2C[C@@H]1O. The fourth-order valence-corrected chi connectivity index (χ4v) is 3.06. The first-order valence-electron chi connectivity index (χ1n) is 8.00. The number of nitrogens with one attached hydrogen (secondary N) is 2. The van der Waals surface area contributed by atoms with Gasteiger partial charge in [-0.3, -0.25) is 0 Å². The van der Waals surface area contributed by atoms with Gasteiger partial charge in [-0.2, -0.15) is 5.10 Å². The Bertz CT molecular complexity index is 877. The molecule has 4 rings (SSSR count). The number of hydrogen-bond donors (Lipinski definition) is 3. The maximum atomic E-state index is 12.3. The van der Waals surface area contributed by atoms with Crippen LogP contribution in [0.2, 0.25) is 0 Å². The smallest absolute Gasteiger partial charge is 0.319 e. The highest BCUT2D eigenvalue weighted by Gasteiger charge is 2.31. The van der Waals surface area contributed by atoms with Crippen molar-refractivity contribution < 1.29 is 9.90 Å². The number of urea groups is 1. The fourth-order valence-electron chi connectivity index (χ4n) is 3.06. The lowest BCUT2D eigenvalue weighted by Gasteiger charge is -2.18. The molecule has 2 heterocycles. The van der Waals surface area contributed by atoms with E-state index in [4.69, 9.17) is 0 Å². The molecule has 0 radical (unpaired) electrons. The van der Waals surface area contributed by atoms with Crippen LogP contribution in [0.3, 0.4) is 0 Å². The lowest BCUT2D eigenvalue weighted by molar-refractivity contribution is 0.144. The van der Waals surface area contributed by atoms with Crippen molar-refractivity contribution >= 4 is 11.7 Å². The summed E-state index contributed by atoms with van der Waals surface area (Å²) in [4.78, 5) is 16.5. The van der Waals surface area contributed by atoms with Gasteiger partial charge >= 0.3 is 6.03 Å². The molecular weight excluding hydrogens is 318 g/mol. The zero-order valence-electron chi connectivity index (χ0n) is 13.3. The molecule has 2 aromatic heterocycles. The van der Waals surface area contributed by atoms with Crippen LogP contribution in [0.5, 0.6) is 0 Å². The number of pyridine rings is 1. The number of aliphatic hydroxyl groups is 1. The van der Waals surface area contributed by atoms with Crippen LogP contribution < -0.4 is 10.6 Å². The van der Waals surface area contributed by atoms with E-state index in [1.807, 2.05) is 30.3 Å². The number of hydrogen-bond acceptors (Lipinski definition) is 4. The number of nitrogens with zero attached hydrogens (tertiary/aromatic N) is 3. The summed E-state index contributed by atoms with van der Waals surface area (Å²) in [5.41, 5.74) is 2.58. The van der Waals surface area contributed by atoms with Crippen LogP contribution in [0.1, 0.15) is 17.2 Å². The molecule has 0 saturated heterocycles. The summed E-state index contributed by atoms with van der Waals surface area (Å²) in [6.45, 7) is 0. The Morgan fingerprint density at radius 3 is 2.84 bits per heavy atom. The number of carbonyl (C=O) groups is 1. The maximum absolute atomic E-state index is 12.3. The Morgan fingerprint density at radius 2 is 2.08 bits per heavy atom. The minimum atomic E-state index is -0.622. The van der Waals surface area contributed by atoms with Crippen molar-refractivity contribution in [1.82, 2.24) is 20.1 Å². The van der Waals surface area contributed by atoms with Gasteiger partial charge in [0, 0.05) is 18.8 Å². The predicted molar refractivity (Wildman–Crippen MR) is 92.4 cm³/mol. The van der Waals surface area contributed by atoms with Gasteiger partial charge in [0.05, 0.1) is 24.0 Å². The Balaban J connectivity index is 1.42. The molecular formula is C18H17N5O2. The van der Waals surface area contributed by atoms with E-state index in [2.05, 4.69) is 20.7 Å². The van der Waals surface area contributed by atoms with Gasteiger partial charge < -0.3 is 15.7 Å². The lowest BCUT2D eigenvalue weighted by Crippen LogP contribution is -2.36. The van der Waals surface area contributed by atoms with Crippen LogP contribution >= 0.6 is 0 Å². The number of amides is 2. The molecule has 0 fully saturated rings. The van der Waals surface area contributed by atoms with Gasteiger partial charge in [0.15, 0.2) is 5.82 Å². The monoisotopic (exact) mass is 335 g/mol. The number of aliphatic hydroxyl groups excluding tert-OH is 1. The molecule has 0 aliphatic heterocycles. The largest absolute Gasteiger partial charge is 0.390 e. The Morgan fingerprint density at radius 1 is 1.20 bits per heavy atom. The molecule has 1 aromatic carbocycles. The second-order valence-corrected chi connectivity index (χ2v) is 5.90. The minimum Gasteiger partial charge on any atom is -0.390 e. The molecule has 7 nitrogen and oxygen atoms in total. The van der Waals surface area contributed by atoms with Crippen LogP contribution in [-0.2, 0) is 6.42 Å². The highest BCUT2D eigenvalue weighted by Crippen LogP contribution is 2.31. The summed E-state index contributed by atoms with van der Waals surface area (Å²) in [7, 11) is 0. The van der Waals surface area contributed by atoms with E-state index in [1.165, 1.54) is 0 Å². The van der Waals surface area contributed by atoms with Gasteiger partial charge in [-0.05, 0) is 29.3 Å². The van der Waals surface area contributed by atoms with Crippen molar-refractivity contribution in [3.63, 3.8) is 0 Å². The topological polar surface area (TPSA) is 92.1 Å². The molecule has 3 aromatic rings. The summed E-state index contributed by atoms with van der Waals surface area (Å²) < 4.78 is 1.63. The van der Waals surface area contributed by atoms with Crippen LogP contribution in [0, 0.1) is 0 Å². The number of aromatic nitrogens is 3. The Kier molecular flexibility index (Phi) is 3.91. The summed E-state index contributed by atoms with van der Waals surface area (Å²) in [6.07, 6.45) is 4.95. The molecule has 25 heavy (non-hydrogen) atoms. The van der Waals surface area contributed by atoms with Crippen LogP contribution in [0.15, 0.2) is 61.1 Å². The summed E-state index contributed by atoms with van der Waals surface area (Å²) >= 11 is 0. The van der Waals surface area contributed by atoms with E-state index in [9.17, 15) is 9.90 Å². The van der Waals surface area contributed by atoms with Gasteiger partial charge in [-0.25, -0.2) is 14.5 Å². The van der Waals surface area contributed by atoms with Crippen LogP contribution in [0.25, 0.3) is 5.82 Å². The zero-order valence-corrected chi connectivity index (χ0v) is 13.3. The van der Waals surface area contributed by atoms with Gasteiger partial charge in [-0.15, -0.1) is 0 Å². The molecule has 0 unspecified atom stereocenters. The summed E-state index contributed by atoms with van der Waals surface area (Å²) in [5.74, 6) is 0.663. The van der Waals surface area contributed by atoms with E-state index in [1.54, 1.807) is 35.4 Å². The first kappa shape index (κ1) is 15.3. The normalized spacial score (nSPS) is 18.6. The first-order valence-corrected chi connectivity index (χ1v) is 8.00. The van der Waals surface area contributed by atoms with Crippen molar-refractivity contribution in [3.8, 4) is 5.82 Å². The van der Waals surface area contributed by atoms with Gasteiger partial charge in [0.2, 0.25) is 0 Å². The lowest BCUT2D eigenvalue weighted by atomic mass is 10.1. The Labute approximate surface area is 144 Å². The van der Waals surface area contributed by atoms with Gasteiger partial charge in [0.25, 0.3) is 0 Å². The number of anilines is 1. The van der Waals surface area contributed by atoms with E-state index in [0.29, 0.717) is 17.9 Å². The molecule has 0 saturated carbocycles. The van der Waals surface area contributed by atoms with Crippen LogP contribution in [0.4, 0.5) is 10.5 Å². The van der Waals surface area contributed by atoms with Gasteiger partial charge in [-0.1, -0.05) is 24.3 Å². The first-order chi connectivity index (χ1) is 12.2. The molecule has 126 valence electrons. The predicted octanol–water partition coefficient (Wildman–Crippen LogP) is 2.05. The highest BCUT2D eigenvalue weighted by atomic mass is 16.3. The molecule has 0 bridgehead atoms. The maximum Gasteiger partial charge on any atom is 0.319 e. The zero-order chi connectivity index (χ0) is 17.2. The van der Waals surface area contributed by atoms with E-state index < -0.39 is 12.1 Å². The van der Waals surface area contributed by atoms with Crippen molar-refractivity contribution in [1.29, 1.82) is 0 Å². The quantitative estimate of drug-likeness (QED) is 0.683. The van der Waals surface area contributed by atoms with E-state index in [-0.39, 0.29) is 6.03 Å². The van der Waals surface area contributed by atoms with Crippen molar-refractivity contribution in [2.75, 3.05) is 5.32 Å². The molecule has 2 amide bonds. The molecule has 1 aliphatic carbocycles. The third-order valence-electron chi connectivity index (χ3n) is 4.24. The van der Waals surface area contributed by atoms with E-state index >= 15 is 0 Å². The standard InChI is InChI=1S/C18H17N5O2/c24-15-10-12-4-1-2-5-14(12)17(15)22-18(25)21-13-6-7-16(19-11-13)23-9-3-8-20-23/h1-9,11,15,17,24H,10H2,(H2,21,22,25)/t15-,17+/m0/s1. The van der Waals surface area contributed by atoms with Gasteiger partial charge in [0.1, 0.15) is 0 Å². The van der Waals surface area contributed by atoms with Crippen molar-refractivity contribution in [2.24, 2.45) is 0 Å². The second kappa shape index (κ2) is 6.37. The molecule has 1 aliphatic rings. The average molecular weight is 335 g/mol. The number of fused-ring (bicyclic) bond motifs is 1. The Hall–Kier alpha value is -3.19. The minimum absolute atomic E-state index is 0.380. The average Bonchev–Trinajstić information content (AvgIpc) is 3.25. The van der Waals surface area contributed by atoms with Crippen molar-refractivity contribution in [3.05, 3.63) is 72.2 Å². The number of benzene rings is 1. The third kappa shape index (κ3) is 3.09. The van der Waals surface area contributed by atoms with Crippen molar-refractivity contribution in [2.45, 2.75) is 18.6 Å². The second-order valence-electron chi connectivity index (χ2n) is 5.90. The fraction of sp³-hybridized carbons (Fsp3) is 0.167. The number of rotatable bonds is 3. The molecule has 0 spiro atoms. The molecule has 7 heteroatoms. The summed E-state index contributed by atoms with van der Waals surface area (Å²) in [6, 6.07) is 12.3. The third-order valence-corrected chi connectivity index (χ3v) is 4.24. The highest BCUT2D eigenvalue weighted by molar-refractivity contribution is 5.89. The molecule has 3 N–H and O–H groups in total. The summed E-state index contributed by atoms with van der Waals surface area (Å²) in [5, 5.41) is 19.9. The molecule has 2 atom stereocenters.